The number of rotatable bonds is 5. The van der Waals surface area contributed by atoms with Crippen LogP contribution in [0.1, 0.15) is 6.92 Å². The molecule has 47 heavy (non-hydrogen) atoms. The second-order valence-corrected chi connectivity index (χ2v) is 11.6. The number of aromatic nitrogens is 4. The van der Waals surface area contributed by atoms with E-state index in [1.165, 1.54) is 21.5 Å². The third-order valence-corrected chi connectivity index (χ3v) is 9.06. The third-order valence-electron chi connectivity index (χ3n) is 9.06. The van der Waals surface area contributed by atoms with Crippen LogP contribution in [0, 0.1) is 0 Å². The van der Waals surface area contributed by atoms with Crippen molar-refractivity contribution in [3.05, 3.63) is 134 Å². The summed E-state index contributed by atoms with van der Waals surface area (Å²) in [4.78, 5) is 18.3. The molecule has 0 bridgehead atoms. The molecule has 0 saturated heterocycles. The van der Waals surface area contributed by atoms with Gasteiger partial charge in [0.2, 0.25) is 0 Å². The van der Waals surface area contributed by atoms with E-state index in [0.717, 1.165) is 67.0 Å². The molecule has 9 rings (SSSR count). The molecule has 0 radical (unpaired) electrons. The second kappa shape index (κ2) is 10.6. The topological polar surface area (TPSA) is 60.4 Å². The van der Waals surface area contributed by atoms with Gasteiger partial charge in [0.15, 0.2) is 0 Å². The van der Waals surface area contributed by atoms with Crippen LogP contribution in [0.4, 0.5) is 11.4 Å². The Hall–Kier alpha value is -6.40. The van der Waals surface area contributed by atoms with E-state index in [1.807, 2.05) is 25.1 Å². The highest BCUT2D eigenvalue weighted by molar-refractivity contribution is 6.13. The minimum atomic E-state index is 0.756. The number of hydrogen-bond donors (Lipinski definition) is 0. The summed E-state index contributed by atoms with van der Waals surface area (Å²) in [5.41, 5.74) is 12.1. The van der Waals surface area contributed by atoms with E-state index in [-0.39, 0.29) is 0 Å². The fourth-order valence-corrected chi connectivity index (χ4v) is 7.07. The molecular weight excluding hydrogens is 576 g/mol. The molecule has 0 fully saturated rings. The molecule has 0 saturated carbocycles. The normalized spacial score (nSPS) is 11.9. The van der Waals surface area contributed by atoms with Crippen LogP contribution in [-0.2, 0) is 0 Å². The zero-order chi connectivity index (χ0) is 31.5. The minimum absolute atomic E-state index is 0.756. The van der Waals surface area contributed by atoms with Gasteiger partial charge in [0, 0.05) is 40.2 Å². The summed E-state index contributed by atoms with van der Waals surface area (Å²) in [6.45, 7) is 5.72. The number of aliphatic imine (C=N–C) groups is 2. The quantitative estimate of drug-likeness (QED) is 0.184. The lowest BCUT2D eigenvalue weighted by Gasteiger charge is -2.13. The van der Waals surface area contributed by atoms with Crippen LogP contribution in [0.5, 0.6) is 0 Å². The van der Waals surface area contributed by atoms with Crippen LogP contribution >= 0.6 is 0 Å². The standard InChI is InChI=1S/C41H28N6/c1-3-43-40-32(42-2)12-8-16-38(40)46-34-14-6-4-10-28(34)30-24-26(18-20-36(30)46)27-19-21-37-31(25-27)29-11-5-7-15-35(29)47(37)39-17-9-13-33-41(39)45-23-22-44-33/h3-25H,2H2,1H3. The molecule has 6 nitrogen and oxygen atoms in total. The first-order valence-corrected chi connectivity index (χ1v) is 15.6. The van der Waals surface area contributed by atoms with Gasteiger partial charge in [-0.2, -0.15) is 0 Å². The lowest BCUT2D eigenvalue weighted by molar-refractivity contribution is 1.17. The molecule has 0 aliphatic rings. The molecule has 0 atom stereocenters. The van der Waals surface area contributed by atoms with Crippen LogP contribution < -0.4 is 0 Å². The van der Waals surface area contributed by atoms with E-state index < -0.39 is 0 Å². The minimum Gasteiger partial charge on any atom is -0.307 e. The Kier molecular flexibility index (Phi) is 6.08. The maximum atomic E-state index is 4.72. The van der Waals surface area contributed by atoms with Crippen molar-refractivity contribution in [1.29, 1.82) is 0 Å². The second-order valence-electron chi connectivity index (χ2n) is 11.6. The van der Waals surface area contributed by atoms with Crippen molar-refractivity contribution < 1.29 is 0 Å². The third kappa shape index (κ3) is 4.05. The average molecular weight is 605 g/mol. The molecule has 3 heterocycles. The Morgan fingerprint density at radius 2 is 1.15 bits per heavy atom. The summed E-state index contributed by atoms with van der Waals surface area (Å²) in [5.74, 6) is 0. The van der Waals surface area contributed by atoms with Gasteiger partial charge in [-0.1, -0.05) is 60.7 Å². The maximum absolute atomic E-state index is 4.72. The van der Waals surface area contributed by atoms with Gasteiger partial charge in [0.1, 0.15) is 11.2 Å². The van der Waals surface area contributed by atoms with Crippen molar-refractivity contribution >= 4 is 79.0 Å². The average Bonchev–Trinajstić information content (AvgIpc) is 3.63. The molecule has 9 aromatic rings. The van der Waals surface area contributed by atoms with Gasteiger partial charge in [0.25, 0.3) is 0 Å². The van der Waals surface area contributed by atoms with Gasteiger partial charge < -0.3 is 9.13 Å². The zero-order valence-corrected chi connectivity index (χ0v) is 25.7. The summed E-state index contributed by atoms with van der Waals surface area (Å²) in [7, 11) is 0. The summed E-state index contributed by atoms with van der Waals surface area (Å²) in [6, 6.07) is 42.9. The fourth-order valence-electron chi connectivity index (χ4n) is 7.07. The Bertz CT molecular complexity index is 2720. The van der Waals surface area contributed by atoms with E-state index in [9.17, 15) is 0 Å². The molecule has 3 aromatic heterocycles. The Balaban J connectivity index is 1.27. The number of benzene rings is 6. The molecule has 0 aliphatic heterocycles. The molecule has 0 unspecified atom stereocenters. The van der Waals surface area contributed by atoms with Crippen LogP contribution in [0.15, 0.2) is 144 Å². The molecule has 0 aliphatic carbocycles. The van der Waals surface area contributed by atoms with Gasteiger partial charge in [-0.3, -0.25) is 20.0 Å². The predicted octanol–water partition coefficient (Wildman–Crippen LogP) is 10.5. The maximum Gasteiger partial charge on any atom is 0.113 e. The van der Waals surface area contributed by atoms with Gasteiger partial charge >= 0.3 is 0 Å². The molecule has 0 spiro atoms. The van der Waals surface area contributed by atoms with Crippen molar-refractivity contribution in [3.63, 3.8) is 0 Å². The highest BCUT2D eigenvalue weighted by Crippen LogP contribution is 2.42. The molecule has 0 amide bonds. The van der Waals surface area contributed by atoms with Gasteiger partial charge in [0.05, 0.1) is 44.6 Å². The van der Waals surface area contributed by atoms with E-state index in [1.54, 1.807) is 18.6 Å². The lowest BCUT2D eigenvalue weighted by atomic mass is 10.0. The summed E-state index contributed by atoms with van der Waals surface area (Å²) < 4.78 is 4.60. The monoisotopic (exact) mass is 604 g/mol. The summed E-state index contributed by atoms with van der Waals surface area (Å²) in [5, 5.41) is 4.75. The van der Waals surface area contributed by atoms with E-state index >= 15 is 0 Å². The van der Waals surface area contributed by atoms with Crippen molar-refractivity contribution in [1.82, 2.24) is 19.1 Å². The Labute approximate surface area is 270 Å². The van der Waals surface area contributed by atoms with Crippen LogP contribution in [0.25, 0.3) is 77.1 Å². The van der Waals surface area contributed by atoms with E-state index in [4.69, 9.17) is 9.98 Å². The number of fused-ring (bicyclic) bond motifs is 7. The fraction of sp³-hybridized carbons (Fsp3) is 0.0244. The lowest BCUT2D eigenvalue weighted by Crippen LogP contribution is -1.97. The first-order valence-electron chi connectivity index (χ1n) is 15.6. The number of nitrogens with zero attached hydrogens (tertiary/aromatic N) is 6. The first kappa shape index (κ1) is 27.0. The molecule has 222 valence electrons. The molecule has 6 aromatic carbocycles. The van der Waals surface area contributed by atoms with Crippen LogP contribution in [0.3, 0.4) is 0 Å². The predicted molar refractivity (Wildman–Crippen MR) is 197 cm³/mol. The Morgan fingerprint density at radius 3 is 1.81 bits per heavy atom. The van der Waals surface area contributed by atoms with Crippen molar-refractivity contribution in [2.24, 2.45) is 9.98 Å². The highest BCUT2D eigenvalue weighted by atomic mass is 15.0. The summed E-state index contributed by atoms with van der Waals surface area (Å²) in [6.07, 6.45) is 5.31. The smallest absolute Gasteiger partial charge is 0.113 e. The van der Waals surface area contributed by atoms with Crippen LogP contribution in [-0.4, -0.2) is 32.0 Å². The number of hydrogen-bond acceptors (Lipinski definition) is 4. The highest BCUT2D eigenvalue weighted by Gasteiger charge is 2.19. The number of para-hydroxylation sites is 4. The molecular formula is C41H28N6. The Morgan fingerprint density at radius 1 is 0.574 bits per heavy atom. The zero-order valence-electron chi connectivity index (χ0n) is 25.7. The van der Waals surface area contributed by atoms with Crippen molar-refractivity contribution in [3.8, 4) is 22.5 Å². The largest absolute Gasteiger partial charge is 0.307 e. The first-order chi connectivity index (χ1) is 23.2. The van der Waals surface area contributed by atoms with Gasteiger partial charge in [-0.25, -0.2) is 0 Å². The molecule has 0 N–H and O–H groups in total. The summed E-state index contributed by atoms with van der Waals surface area (Å²) >= 11 is 0. The van der Waals surface area contributed by atoms with Crippen molar-refractivity contribution in [2.45, 2.75) is 6.92 Å². The van der Waals surface area contributed by atoms with Gasteiger partial charge in [-0.15, -0.1) is 0 Å². The molecule has 6 heteroatoms. The SMILES string of the molecule is C=Nc1cccc(-n2c3ccccc3c3cc(-c4ccc5c(c4)c4ccccc4n5-c4cccc5nccnc45)ccc32)c1N=CC. The van der Waals surface area contributed by atoms with E-state index in [2.05, 4.69) is 129 Å². The van der Waals surface area contributed by atoms with Gasteiger partial charge in [-0.05, 0) is 85.4 Å². The van der Waals surface area contributed by atoms with Crippen molar-refractivity contribution in [2.75, 3.05) is 0 Å². The van der Waals surface area contributed by atoms with E-state index in [0.29, 0.717) is 0 Å². The van der Waals surface area contributed by atoms with Crippen LogP contribution in [0.2, 0.25) is 0 Å².